The lowest BCUT2D eigenvalue weighted by molar-refractivity contribution is -0.160. The average Bonchev–Trinajstić information content (AvgIpc) is 2.45. The Hall–Kier alpha value is -1.58. The second-order valence-corrected chi connectivity index (χ2v) is 4.73. The van der Waals surface area contributed by atoms with Crippen LogP contribution in [0.15, 0.2) is 25.3 Å². The lowest BCUT2D eigenvalue weighted by Crippen LogP contribution is -2.32. The normalized spacial score (nSPS) is 13.1. The highest BCUT2D eigenvalue weighted by Crippen LogP contribution is 2.15. The molecule has 0 saturated heterocycles. The molecule has 0 bridgehead atoms. The monoisotopic (exact) mass is 282 g/mol. The molecule has 4 heteroatoms. The van der Waals surface area contributed by atoms with Gasteiger partial charge in [-0.3, -0.25) is 0 Å². The molecule has 114 valence electrons. The lowest BCUT2D eigenvalue weighted by atomic mass is 10.0. The Balaban J connectivity index is 4.31. The third-order valence-electron chi connectivity index (χ3n) is 3.02. The quantitative estimate of drug-likeness (QED) is 0.330. The fourth-order valence-electron chi connectivity index (χ4n) is 1.84. The number of carbonyl (C=O) groups excluding carboxylic acids is 2. The number of esters is 2. The Bertz CT molecular complexity index is 322. The van der Waals surface area contributed by atoms with Gasteiger partial charge >= 0.3 is 11.9 Å². The summed E-state index contributed by atoms with van der Waals surface area (Å²) in [4.78, 5) is 22.5. The van der Waals surface area contributed by atoms with E-state index in [1.54, 1.807) is 6.92 Å². The molecular weight excluding hydrogens is 256 g/mol. The van der Waals surface area contributed by atoms with Crippen LogP contribution >= 0.6 is 0 Å². The fourth-order valence-corrected chi connectivity index (χ4v) is 1.84. The summed E-state index contributed by atoms with van der Waals surface area (Å²) in [6.07, 6.45) is 7.54. The molecule has 0 aromatic heterocycles. The van der Waals surface area contributed by atoms with E-state index in [-0.39, 0.29) is 0 Å². The fraction of sp³-hybridized carbons (Fsp3) is 0.625. The van der Waals surface area contributed by atoms with Crippen molar-refractivity contribution in [2.75, 3.05) is 0 Å². The third-order valence-corrected chi connectivity index (χ3v) is 3.02. The SMILES string of the molecule is C=CC(=O)OC(C)C(CCCCCCC)OC(=O)C=C. The van der Waals surface area contributed by atoms with Crippen LogP contribution in [0.1, 0.15) is 52.4 Å². The van der Waals surface area contributed by atoms with Crippen molar-refractivity contribution in [2.45, 2.75) is 64.6 Å². The Morgan fingerprint density at radius 2 is 1.55 bits per heavy atom. The number of hydrogen-bond donors (Lipinski definition) is 0. The van der Waals surface area contributed by atoms with Crippen molar-refractivity contribution in [1.82, 2.24) is 0 Å². The van der Waals surface area contributed by atoms with Crippen molar-refractivity contribution in [1.29, 1.82) is 0 Å². The second kappa shape index (κ2) is 11.3. The molecule has 4 nitrogen and oxygen atoms in total. The first-order valence-corrected chi connectivity index (χ1v) is 7.21. The van der Waals surface area contributed by atoms with Crippen LogP contribution in [0.4, 0.5) is 0 Å². The maximum atomic E-state index is 11.3. The number of unbranched alkanes of at least 4 members (excludes halogenated alkanes) is 4. The van der Waals surface area contributed by atoms with Crippen molar-refractivity contribution >= 4 is 11.9 Å². The van der Waals surface area contributed by atoms with Gasteiger partial charge in [0.1, 0.15) is 12.2 Å². The molecule has 0 saturated carbocycles. The molecule has 0 amide bonds. The first-order chi connectivity index (χ1) is 9.54. The van der Waals surface area contributed by atoms with Gasteiger partial charge in [0.2, 0.25) is 0 Å². The van der Waals surface area contributed by atoms with E-state index in [1.807, 2.05) is 0 Å². The van der Waals surface area contributed by atoms with Gasteiger partial charge in [-0.05, 0) is 19.8 Å². The van der Waals surface area contributed by atoms with Crippen LogP contribution in [0.25, 0.3) is 0 Å². The Kier molecular flexibility index (Phi) is 10.4. The van der Waals surface area contributed by atoms with Crippen LogP contribution in [0, 0.1) is 0 Å². The summed E-state index contributed by atoms with van der Waals surface area (Å²) in [6, 6.07) is 0. The molecule has 0 aromatic carbocycles. The largest absolute Gasteiger partial charge is 0.456 e. The molecule has 2 atom stereocenters. The first-order valence-electron chi connectivity index (χ1n) is 7.21. The summed E-state index contributed by atoms with van der Waals surface area (Å²) < 4.78 is 10.4. The molecule has 0 radical (unpaired) electrons. The summed E-state index contributed by atoms with van der Waals surface area (Å²) in [7, 11) is 0. The van der Waals surface area contributed by atoms with Gasteiger partial charge in [0, 0.05) is 12.2 Å². The topological polar surface area (TPSA) is 52.6 Å². The van der Waals surface area contributed by atoms with Crippen molar-refractivity contribution < 1.29 is 19.1 Å². The number of ether oxygens (including phenoxy) is 2. The third kappa shape index (κ3) is 8.51. The lowest BCUT2D eigenvalue weighted by Gasteiger charge is -2.23. The van der Waals surface area contributed by atoms with Crippen molar-refractivity contribution in [3.8, 4) is 0 Å². The van der Waals surface area contributed by atoms with E-state index >= 15 is 0 Å². The molecule has 0 spiro atoms. The summed E-state index contributed by atoms with van der Waals surface area (Å²) in [5, 5.41) is 0. The summed E-state index contributed by atoms with van der Waals surface area (Å²) in [5.41, 5.74) is 0. The molecule has 0 heterocycles. The van der Waals surface area contributed by atoms with Crippen molar-refractivity contribution in [2.24, 2.45) is 0 Å². The van der Waals surface area contributed by atoms with E-state index in [2.05, 4.69) is 20.1 Å². The molecule has 2 unspecified atom stereocenters. The summed E-state index contributed by atoms with van der Waals surface area (Å²) in [5.74, 6) is -1.01. The highest BCUT2D eigenvalue weighted by atomic mass is 16.6. The van der Waals surface area contributed by atoms with Gasteiger partial charge in [-0.15, -0.1) is 0 Å². The van der Waals surface area contributed by atoms with E-state index in [9.17, 15) is 9.59 Å². The predicted octanol–water partition coefficient (Wildman–Crippen LogP) is 3.56. The minimum Gasteiger partial charge on any atom is -0.456 e. The van der Waals surface area contributed by atoms with E-state index in [0.717, 1.165) is 25.0 Å². The molecule has 0 aliphatic heterocycles. The summed E-state index contributed by atoms with van der Waals surface area (Å²) in [6.45, 7) is 10.6. The minimum atomic E-state index is -0.511. The van der Waals surface area contributed by atoms with Crippen LogP contribution in [0.2, 0.25) is 0 Å². The van der Waals surface area contributed by atoms with Crippen molar-refractivity contribution in [3.63, 3.8) is 0 Å². The smallest absolute Gasteiger partial charge is 0.330 e. The second-order valence-electron chi connectivity index (χ2n) is 4.73. The molecule has 0 rings (SSSR count). The minimum absolute atomic E-state index is 0.439. The van der Waals surface area contributed by atoms with E-state index in [1.165, 1.54) is 19.3 Å². The number of carbonyl (C=O) groups is 2. The highest BCUT2D eigenvalue weighted by molar-refractivity contribution is 5.82. The van der Waals surface area contributed by atoms with E-state index < -0.39 is 24.1 Å². The zero-order valence-electron chi connectivity index (χ0n) is 12.6. The van der Waals surface area contributed by atoms with Crippen LogP contribution in [-0.4, -0.2) is 24.1 Å². The Morgan fingerprint density at radius 1 is 1.00 bits per heavy atom. The Morgan fingerprint density at radius 3 is 2.10 bits per heavy atom. The molecule has 0 N–H and O–H groups in total. The standard InChI is InChI=1S/C16H26O4/c1-5-8-9-10-11-12-14(20-16(18)7-3)13(4)19-15(17)6-2/h6-7,13-14H,2-3,5,8-12H2,1,4H3. The molecule has 20 heavy (non-hydrogen) atoms. The molecular formula is C16H26O4. The van der Waals surface area contributed by atoms with E-state index in [4.69, 9.17) is 9.47 Å². The molecule has 0 aliphatic carbocycles. The van der Waals surface area contributed by atoms with Gasteiger partial charge in [-0.25, -0.2) is 9.59 Å². The number of rotatable bonds is 11. The van der Waals surface area contributed by atoms with Gasteiger partial charge in [-0.1, -0.05) is 45.8 Å². The van der Waals surface area contributed by atoms with Gasteiger partial charge < -0.3 is 9.47 Å². The van der Waals surface area contributed by atoms with E-state index in [0.29, 0.717) is 6.42 Å². The van der Waals surface area contributed by atoms with Gasteiger partial charge in [0.25, 0.3) is 0 Å². The maximum absolute atomic E-state index is 11.3. The van der Waals surface area contributed by atoms with Crippen LogP contribution in [0.3, 0.4) is 0 Å². The molecule has 0 aliphatic rings. The average molecular weight is 282 g/mol. The zero-order chi connectivity index (χ0) is 15.4. The van der Waals surface area contributed by atoms with Gasteiger partial charge in [-0.2, -0.15) is 0 Å². The summed E-state index contributed by atoms with van der Waals surface area (Å²) >= 11 is 0. The van der Waals surface area contributed by atoms with Gasteiger partial charge in [0.15, 0.2) is 0 Å². The van der Waals surface area contributed by atoms with Crippen LogP contribution in [-0.2, 0) is 19.1 Å². The predicted molar refractivity (Wildman–Crippen MR) is 79.2 cm³/mol. The van der Waals surface area contributed by atoms with Crippen molar-refractivity contribution in [3.05, 3.63) is 25.3 Å². The Labute approximate surface area is 121 Å². The van der Waals surface area contributed by atoms with Crippen LogP contribution < -0.4 is 0 Å². The highest BCUT2D eigenvalue weighted by Gasteiger charge is 2.23. The van der Waals surface area contributed by atoms with Gasteiger partial charge in [0.05, 0.1) is 0 Å². The molecule has 0 aromatic rings. The first kappa shape index (κ1) is 18.4. The molecule has 0 fully saturated rings. The zero-order valence-corrected chi connectivity index (χ0v) is 12.6. The van der Waals surface area contributed by atoms with Crippen LogP contribution in [0.5, 0.6) is 0 Å². The maximum Gasteiger partial charge on any atom is 0.330 e. The number of hydrogen-bond acceptors (Lipinski definition) is 4.